The Bertz CT molecular complexity index is 1040. The topological polar surface area (TPSA) is 71.6 Å². The number of aromatic nitrogens is 1. The number of nitrogens with one attached hydrogen (secondary N) is 1. The summed E-state index contributed by atoms with van der Waals surface area (Å²) >= 11 is 0. The Morgan fingerprint density at radius 2 is 1.85 bits per heavy atom. The largest absolute Gasteiger partial charge is 0.497 e. The molecule has 0 unspecified atom stereocenters. The van der Waals surface area contributed by atoms with Gasteiger partial charge in [-0.3, -0.25) is 9.59 Å². The number of fused-ring (bicyclic) bond motifs is 1. The average molecular weight is 362 g/mol. The first kappa shape index (κ1) is 16.9. The smallest absolute Gasteiger partial charge is 0.264 e. The van der Waals surface area contributed by atoms with Gasteiger partial charge in [0.1, 0.15) is 23.7 Å². The van der Waals surface area contributed by atoms with E-state index >= 15 is 0 Å². The van der Waals surface area contributed by atoms with Gasteiger partial charge in [-0.25, -0.2) is 0 Å². The highest BCUT2D eigenvalue weighted by Gasteiger charge is 2.26. The van der Waals surface area contributed by atoms with E-state index in [1.165, 1.54) is 0 Å². The summed E-state index contributed by atoms with van der Waals surface area (Å²) in [6.45, 7) is 0.792. The molecule has 136 valence electrons. The van der Waals surface area contributed by atoms with E-state index in [0.29, 0.717) is 30.3 Å². The van der Waals surface area contributed by atoms with Crippen molar-refractivity contribution in [1.29, 1.82) is 0 Å². The lowest BCUT2D eigenvalue weighted by molar-refractivity contribution is 0.0975. The fourth-order valence-electron chi connectivity index (χ4n) is 3.11. The molecule has 1 aliphatic rings. The predicted octanol–water partition coefficient (Wildman–Crippen LogP) is 3.09. The number of benzene rings is 2. The average Bonchev–Trinajstić information content (AvgIpc) is 2.73. The summed E-state index contributed by atoms with van der Waals surface area (Å²) in [4.78, 5) is 29.9. The Kier molecular flexibility index (Phi) is 4.38. The molecule has 1 aromatic heterocycles. The second-order valence-corrected chi connectivity index (χ2v) is 6.12. The van der Waals surface area contributed by atoms with E-state index < -0.39 is 5.56 Å². The van der Waals surface area contributed by atoms with Crippen LogP contribution in [0.1, 0.15) is 10.4 Å². The Morgan fingerprint density at radius 3 is 2.59 bits per heavy atom. The first-order chi connectivity index (χ1) is 13.2. The zero-order valence-electron chi connectivity index (χ0n) is 14.8. The maximum Gasteiger partial charge on any atom is 0.264 e. The molecule has 1 N–H and O–H groups in total. The summed E-state index contributed by atoms with van der Waals surface area (Å²) in [5, 5.41) is 0. The zero-order valence-corrected chi connectivity index (χ0v) is 14.8. The number of carbonyl (C=O) groups is 1. The molecule has 0 aliphatic carbocycles. The van der Waals surface area contributed by atoms with Crippen LogP contribution < -0.4 is 19.9 Å². The second-order valence-electron chi connectivity index (χ2n) is 6.12. The molecule has 4 rings (SSSR count). The van der Waals surface area contributed by atoms with Crippen LogP contribution >= 0.6 is 0 Å². The van der Waals surface area contributed by atoms with Gasteiger partial charge in [-0.2, -0.15) is 0 Å². The van der Waals surface area contributed by atoms with Crippen molar-refractivity contribution < 1.29 is 14.3 Å². The maximum absolute atomic E-state index is 12.9. The Morgan fingerprint density at radius 1 is 1.07 bits per heavy atom. The fraction of sp³-hybridized carbons (Fsp3) is 0.143. The van der Waals surface area contributed by atoms with Crippen LogP contribution in [0.4, 0.5) is 5.69 Å². The molecule has 27 heavy (non-hydrogen) atoms. The standard InChI is InChI=1S/C21H18N2O4/c1-26-15-8-6-14(7-9-15)17-11-10-16(20(24)22-17)21(25)23-12-13-27-19-5-3-2-4-18(19)23/h2-11H,12-13H2,1H3,(H,22,24). The summed E-state index contributed by atoms with van der Waals surface area (Å²) in [6, 6.07) is 18.0. The minimum Gasteiger partial charge on any atom is -0.497 e. The fourth-order valence-corrected chi connectivity index (χ4v) is 3.11. The Hall–Kier alpha value is -3.54. The number of amides is 1. The molecule has 0 saturated heterocycles. The quantitative estimate of drug-likeness (QED) is 0.777. The summed E-state index contributed by atoms with van der Waals surface area (Å²) in [5.41, 5.74) is 1.83. The van der Waals surface area contributed by atoms with Crippen molar-refractivity contribution >= 4 is 11.6 Å². The van der Waals surface area contributed by atoms with Crippen molar-refractivity contribution in [3.8, 4) is 22.8 Å². The predicted molar refractivity (Wildman–Crippen MR) is 103 cm³/mol. The Balaban J connectivity index is 1.65. The van der Waals surface area contributed by atoms with Crippen molar-refractivity contribution in [3.05, 3.63) is 76.6 Å². The number of H-pyrrole nitrogens is 1. The van der Waals surface area contributed by atoms with Crippen LogP contribution in [-0.4, -0.2) is 31.2 Å². The minimum atomic E-state index is -0.419. The molecule has 0 radical (unpaired) electrons. The van der Waals surface area contributed by atoms with E-state index in [1.54, 1.807) is 24.1 Å². The number of aromatic amines is 1. The van der Waals surface area contributed by atoms with Crippen LogP contribution in [-0.2, 0) is 0 Å². The first-order valence-electron chi connectivity index (χ1n) is 8.59. The number of nitrogens with zero attached hydrogens (tertiary/aromatic N) is 1. The summed E-state index contributed by atoms with van der Waals surface area (Å²) in [7, 11) is 1.60. The van der Waals surface area contributed by atoms with Gasteiger partial charge in [0, 0.05) is 5.69 Å². The third-order valence-corrected chi connectivity index (χ3v) is 4.51. The molecule has 6 nitrogen and oxygen atoms in total. The molecule has 0 fully saturated rings. The van der Waals surface area contributed by atoms with E-state index in [1.807, 2.05) is 48.5 Å². The SMILES string of the molecule is COc1ccc(-c2ccc(C(=O)N3CCOc4ccccc43)c(=O)[nH]2)cc1. The molecule has 2 heterocycles. The number of ether oxygens (including phenoxy) is 2. The Labute approximate surface area is 156 Å². The van der Waals surface area contributed by atoms with Crippen molar-refractivity contribution in [1.82, 2.24) is 4.98 Å². The van der Waals surface area contributed by atoms with Crippen molar-refractivity contribution in [3.63, 3.8) is 0 Å². The highest BCUT2D eigenvalue weighted by atomic mass is 16.5. The highest BCUT2D eigenvalue weighted by molar-refractivity contribution is 6.07. The third-order valence-electron chi connectivity index (χ3n) is 4.51. The van der Waals surface area contributed by atoms with Crippen LogP contribution in [0.3, 0.4) is 0 Å². The molecule has 1 aliphatic heterocycles. The lowest BCUT2D eigenvalue weighted by Gasteiger charge is -2.29. The number of anilines is 1. The van der Waals surface area contributed by atoms with Crippen molar-refractivity contribution in [2.24, 2.45) is 0 Å². The van der Waals surface area contributed by atoms with Gasteiger partial charge in [0.15, 0.2) is 0 Å². The van der Waals surface area contributed by atoms with Gasteiger partial charge in [-0.15, -0.1) is 0 Å². The monoisotopic (exact) mass is 362 g/mol. The molecule has 0 spiro atoms. The van der Waals surface area contributed by atoms with E-state index in [2.05, 4.69) is 4.98 Å². The zero-order chi connectivity index (χ0) is 18.8. The molecule has 1 amide bonds. The number of hydrogen-bond acceptors (Lipinski definition) is 4. The second kappa shape index (κ2) is 6.99. The summed E-state index contributed by atoms with van der Waals surface area (Å²) < 4.78 is 10.7. The molecule has 6 heteroatoms. The van der Waals surface area contributed by atoms with Gasteiger partial charge in [0.05, 0.1) is 19.3 Å². The molecule has 3 aromatic rings. The highest BCUT2D eigenvalue weighted by Crippen LogP contribution is 2.31. The molecule has 0 saturated carbocycles. The third kappa shape index (κ3) is 3.17. The van der Waals surface area contributed by atoms with Gasteiger partial charge in [-0.1, -0.05) is 12.1 Å². The van der Waals surface area contributed by atoms with E-state index in [-0.39, 0.29) is 11.5 Å². The van der Waals surface area contributed by atoms with E-state index in [4.69, 9.17) is 9.47 Å². The normalized spacial score (nSPS) is 12.9. The summed E-state index contributed by atoms with van der Waals surface area (Å²) in [5.74, 6) is 1.04. The van der Waals surface area contributed by atoms with Crippen LogP contribution in [0.5, 0.6) is 11.5 Å². The lowest BCUT2D eigenvalue weighted by Crippen LogP contribution is -2.40. The van der Waals surface area contributed by atoms with Gasteiger partial charge >= 0.3 is 0 Å². The number of pyridine rings is 1. The van der Waals surface area contributed by atoms with E-state index in [9.17, 15) is 9.59 Å². The van der Waals surface area contributed by atoms with Gasteiger partial charge < -0.3 is 19.4 Å². The van der Waals surface area contributed by atoms with Crippen LogP contribution in [0, 0.1) is 0 Å². The van der Waals surface area contributed by atoms with Crippen LogP contribution in [0.15, 0.2) is 65.5 Å². The maximum atomic E-state index is 12.9. The molecule has 2 aromatic carbocycles. The van der Waals surface area contributed by atoms with Gasteiger partial charge in [-0.05, 0) is 54.1 Å². The molecule has 0 atom stereocenters. The number of para-hydroxylation sites is 2. The molecule has 0 bridgehead atoms. The summed E-state index contributed by atoms with van der Waals surface area (Å²) in [6.07, 6.45) is 0. The first-order valence-corrected chi connectivity index (χ1v) is 8.59. The number of hydrogen-bond donors (Lipinski definition) is 1. The van der Waals surface area contributed by atoms with Crippen molar-refractivity contribution in [2.75, 3.05) is 25.2 Å². The van der Waals surface area contributed by atoms with Crippen molar-refractivity contribution in [2.45, 2.75) is 0 Å². The van der Waals surface area contributed by atoms with Gasteiger partial charge in [0.25, 0.3) is 11.5 Å². The minimum absolute atomic E-state index is 0.101. The molecular weight excluding hydrogens is 344 g/mol. The lowest BCUT2D eigenvalue weighted by atomic mass is 10.1. The number of methoxy groups -OCH3 is 1. The van der Waals surface area contributed by atoms with Crippen LogP contribution in [0.2, 0.25) is 0 Å². The van der Waals surface area contributed by atoms with E-state index in [0.717, 1.165) is 11.3 Å². The number of rotatable bonds is 3. The van der Waals surface area contributed by atoms with Gasteiger partial charge in [0.2, 0.25) is 0 Å². The molecular formula is C21H18N2O4. The number of carbonyl (C=O) groups excluding carboxylic acids is 1. The van der Waals surface area contributed by atoms with Crippen LogP contribution in [0.25, 0.3) is 11.3 Å².